The summed E-state index contributed by atoms with van der Waals surface area (Å²) < 4.78 is 7.04. The van der Waals surface area contributed by atoms with Crippen LogP contribution in [0.3, 0.4) is 0 Å². The van der Waals surface area contributed by atoms with Crippen LogP contribution in [0, 0.1) is 13.8 Å². The lowest BCUT2D eigenvalue weighted by Crippen LogP contribution is -2.49. The highest BCUT2D eigenvalue weighted by molar-refractivity contribution is 6.35. The zero-order chi connectivity index (χ0) is 25.1. The maximum Gasteiger partial charge on any atom is 0.315 e. The summed E-state index contributed by atoms with van der Waals surface area (Å²) >= 11 is 13.1. The molecule has 4 rings (SSSR count). The van der Waals surface area contributed by atoms with Crippen LogP contribution in [0.4, 0.5) is 0 Å². The van der Waals surface area contributed by atoms with E-state index >= 15 is 0 Å². The second kappa shape index (κ2) is 10.6. The van der Waals surface area contributed by atoms with E-state index in [-0.39, 0.29) is 15.0 Å². The Morgan fingerprint density at radius 3 is 1.26 bits per heavy atom. The van der Waals surface area contributed by atoms with Gasteiger partial charge in [0.2, 0.25) is 0 Å². The van der Waals surface area contributed by atoms with Gasteiger partial charge in [-0.1, -0.05) is 108 Å². The molecule has 0 aromatic heterocycles. The summed E-state index contributed by atoms with van der Waals surface area (Å²) in [4.78, 5) is 0. The maximum absolute atomic E-state index is 11.0. The highest BCUT2D eigenvalue weighted by Crippen LogP contribution is 2.44. The van der Waals surface area contributed by atoms with Gasteiger partial charge in [-0.25, -0.2) is 0 Å². The monoisotopic (exact) mass is 502 g/mol. The van der Waals surface area contributed by atoms with E-state index in [2.05, 4.69) is 0 Å². The lowest BCUT2D eigenvalue weighted by Gasteiger charge is -2.43. The van der Waals surface area contributed by atoms with Crippen molar-refractivity contribution in [3.63, 3.8) is 0 Å². The summed E-state index contributed by atoms with van der Waals surface area (Å²) in [6.07, 6.45) is 0. The lowest BCUT2D eigenvalue weighted by atomic mass is 9.61. The van der Waals surface area contributed by atoms with Crippen LogP contribution in [-0.2, 0) is 15.7 Å². The number of benzene rings is 4. The van der Waals surface area contributed by atoms with Gasteiger partial charge in [-0.2, -0.15) is 0 Å². The Kier molecular flexibility index (Phi) is 7.75. The molecule has 2 atom stereocenters. The summed E-state index contributed by atoms with van der Waals surface area (Å²) in [6.45, 7) is 3.85. The van der Waals surface area contributed by atoms with Gasteiger partial charge < -0.3 is 14.8 Å². The van der Waals surface area contributed by atoms with E-state index < -0.39 is 11.0 Å². The third kappa shape index (κ3) is 4.80. The average molecular weight is 503 g/mol. The van der Waals surface area contributed by atoms with Crippen LogP contribution in [0.1, 0.15) is 33.4 Å². The molecule has 0 radical (unpaired) electrons. The highest BCUT2D eigenvalue weighted by Gasteiger charge is 2.48. The van der Waals surface area contributed by atoms with E-state index in [4.69, 9.17) is 27.9 Å². The van der Waals surface area contributed by atoms with Gasteiger partial charge in [0.15, 0.2) is 0 Å². The molecular weight excluding hydrogens is 477 g/mol. The maximum atomic E-state index is 11.0. The molecule has 2 unspecified atom stereocenters. The van der Waals surface area contributed by atoms with Crippen LogP contribution in [0.25, 0.3) is 0 Å². The number of rotatable bonds is 8. The van der Waals surface area contributed by atoms with E-state index in [1.807, 2.05) is 111 Å². The number of halogens is 2. The minimum absolute atomic E-state index is 0.384. The van der Waals surface area contributed by atoms with Crippen molar-refractivity contribution in [3.8, 4) is 0 Å². The Balaban J connectivity index is 2.03. The summed E-state index contributed by atoms with van der Waals surface area (Å²) in [5.41, 5.74) is 1.96. The number of aryl methyl sites for hydroxylation is 2. The summed E-state index contributed by atoms with van der Waals surface area (Å²) in [5.74, 6) is 0. The molecule has 7 heteroatoms. The third-order valence-corrected chi connectivity index (χ3v) is 7.36. The van der Waals surface area contributed by atoms with Gasteiger partial charge in [0, 0.05) is 10.0 Å². The minimum Gasteiger partial charge on any atom is -0.450 e. The molecule has 0 aliphatic heterocycles. The second-order valence-electron chi connectivity index (χ2n) is 8.73. The highest BCUT2D eigenvalue weighted by atomic mass is 35.5. The van der Waals surface area contributed by atoms with E-state index in [0.717, 1.165) is 22.3 Å². The van der Waals surface area contributed by atoms with Gasteiger partial charge in [0.05, 0.1) is 0 Å². The van der Waals surface area contributed by atoms with E-state index in [0.29, 0.717) is 21.2 Å². The Morgan fingerprint density at radius 1 is 0.571 bits per heavy atom. The van der Waals surface area contributed by atoms with Crippen molar-refractivity contribution in [2.24, 2.45) is 0 Å². The molecule has 35 heavy (non-hydrogen) atoms. The Bertz CT molecular complexity index is 1200. The molecule has 0 aliphatic carbocycles. The standard InChI is InChI=1S/C28H26B2Cl2O3/c1-19-13-15-23(17-25(19)31)27(29-33,21-9-5-3-6-10-21)35-28(30-34,22-11-7-4-8-12-22)24-16-14-20(2)26(32)18-24/h3-18,29-30,33-34H,1-2H3. The molecule has 0 bridgehead atoms. The van der Waals surface area contributed by atoms with Gasteiger partial charge in [-0.15, -0.1) is 0 Å². The van der Waals surface area contributed by atoms with E-state index in [9.17, 15) is 10.0 Å². The third-order valence-electron chi connectivity index (χ3n) is 6.55. The SMILES string of the molecule is Cc1ccc(C(BO)(OC(BO)(c2ccccc2)c2ccc(C)c(Cl)c2)c2ccccc2)cc1Cl. The smallest absolute Gasteiger partial charge is 0.315 e. The fraction of sp³-hybridized carbons (Fsp3) is 0.143. The number of ether oxygens (including phenoxy) is 1. The fourth-order valence-corrected chi connectivity index (χ4v) is 4.76. The van der Waals surface area contributed by atoms with Gasteiger partial charge in [-0.3, -0.25) is 0 Å². The zero-order valence-corrected chi connectivity index (χ0v) is 21.2. The Hall–Kier alpha value is -2.53. The lowest BCUT2D eigenvalue weighted by molar-refractivity contribution is -0.0448. The molecule has 176 valence electrons. The van der Waals surface area contributed by atoms with Gasteiger partial charge >= 0.3 is 15.0 Å². The molecule has 0 aliphatic rings. The van der Waals surface area contributed by atoms with Crippen molar-refractivity contribution in [2.45, 2.75) is 24.8 Å². The van der Waals surface area contributed by atoms with Crippen molar-refractivity contribution in [3.05, 3.63) is 140 Å². The van der Waals surface area contributed by atoms with Crippen LogP contribution in [0.2, 0.25) is 10.0 Å². The molecule has 0 amide bonds. The quantitative estimate of drug-likeness (QED) is 0.316. The first-order valence-electron chi connectivity index (χ1n) is 11.4. The summed E-state index contributed by atoms with van der Waals surface area (Å²) in [7, 11) is -0.769. The van der Waals surface area contributed by atoms with Crippen LogP contribution in [-0.4, -0.2) is 25.0 Å². The molecule has 0 spiro atoms. The molecule has 0 heterocycles. The van der Waals surface area contributed by atoms with Crippen LogP contribution < -0.4 is 0 Å². The van der Waals surface area contributed by atoms with Gasteiger partial charge in [0.25, 0.3) is 0 Å². The van der Waals surface area contributed by atoms with Crippen molar-refractivity contribution >= 4 is 38.2 Å². The molecular formula is C28H26B2Cl2O3. The Labute approximate surface area is 217 Å². The molecule has 2 N–H and O–H groups in total. The first-order valence-corrected chi connectivity index (χ1v) is 12.2. The van der Waals surface area contributed by atoms with E-state index in [1.165, 1.54) is 0 Å². The van der Waals surface area contributed by atoms with Crippen LogP contribution in [0.15, 0.2) is 97.1 Å². The minimum atomic E-state index is -1.34. The molecule has 0 saturated heterocycles. The molecule has 0 fully saturated rings. The fourth-order valence-electron chi connectivity index (χ4n) is 4.40. The first-order chi connectivity index (χ1) is 16.9. The topological polar surface area (TPSA) is 49.7 Å². The largest absolute Gasteiger partial charge is 0.450 e. The normalized spacial score (nSPS) is 14.6. The molecule has 4 aromatic rings. The molecule has 4 aromatic carbocycles. The summed E-state index contributed by atoms with van der Waals surface area (Å²) in [6, 6.07) is 30.2. The van der Waals surface area contributed by atoms with Crippen LogP contribution in [0.5, 0.6) is 0 Å². The predicted molar refractivity (Wildman–Crippen MR) is 147 cm³/mol. The Morgan fingerprint density at radius 2 is 0.943 bits per heavy atom. The number of hydrogen-bond acceptors (Lipinski definition) is 3. The van der Waals surface area contributed by atoms with Crippen molar-refractivity contribution in [1.29, 1.82) is 0 Å². The predicted octanol–water partition coefficient (Wildman–Crippen LogP) is 5.42. The zero-order valence-electron chi connectivity index (χ0n) is 19.7. The van der Waals surface area contributed by atoms with Gasteiger partial charge in [0.1, 0.15) is 11.0 Å². The number of hydrogen-bond donors (Lipinski definition) is 2. The molecule has 0 saturated carbocycles. The average Bonchev–Trinajstić information content (AvgIpc) is 2.90. The van der Waals surface area contributed by atoms with Crippen molar-refractivity contribution in [2.75, 3.05) is 0 Å². The van der Waals surface area contributed by atoms with Gasteiger partial charge in [-0.05, 0) is 59.4 Å². The first kappa shape index (κ1) is 25.6. The van der Waals surface area contributed by atoms with Crippen molar-refractivity contribution < 1.29 is 14.8 Å². The van der Waals surface area contributed by atoms with Crippen LogP contribution >= 0.6 is 23.2 Å². The summed E-state index contributed by atoms with van der Waals surface area (Å²) in [5, 5.41) is 23.2. The molecule has 3 nitrogen and oxygen atoms in total. The second-order valence-corrected chi connectivity index (χ2v) is 9.55. The van der Waals surface area contributed by atoms with E-state index in [1.54, 1.807) is 0 Å². The van der Waals surface area contributed by atoms with Crippen molar-refractivity contribution in [1.82, 2.24) is 0 Å².